The molecule has 0 aromatic heterocycles. The van der Waals surface area contributed by atoms with E-state index in [1.54, 1.807) is 13.2 Å². The quantitative estimate of drug-likeness (QED) is 0.459. The Bertz CT molecular complexity index is 520. The molecular formula is C23H39NO2. The van der Waals surface area contributed by atoms with Gasteiger partial charge in [-0.3, -0.25) is 4.79 Å². The molecule has 0 aliphatic carbocycles. The number of amides is 1. The van der Waals surface area contributed by atoms with E-state index in [0.717, 1.165) is 17.0 Å². The van der Waals surface area contributed by atoms with Gasteiger partial charge < -0.3 is 10.1 Å². The fraction of sp³-hybridized carbons (Fsp3) is 0.435. The Balaban J connectivity index is -0.000000346. The highest BCUT2D eigenvalue weighted by atomic mass is 16.5. The summed E-state index contributed by atoms with van der Waals surface area (Å²) in [5, 5.41) is 2.79. The van der Waals surface area contributed by atoms with Crippen LogP contribution in [0.15, 0.2) is 72.2 Å². The first kappa shape index (κ1) is 28.5. The van der Waals surface area contributed by atoms with Crippen LogP contribution in [-0.2, 0) is 9.53 Å². The molecule has 1 aliphatic rings. The lowest BCUT2D eigenvalue weighted by Crippen LogP contribution is -2.16. The lowest BCUT2D eigenvalue weighted by molar-refractivity contribution is -0.121. The highest BCUT2D eigenvalue weighted by molar-refractivity contribution is 5.89. The largest absolute Gasteiger partial charge is 0.497 e. The molecule has 3 nitrogen and oxygen atoms in total. The van der Waals surface area contributed by atoms with Crippen molar-refractivity contribution in [2.24, 2.45) is 5.92 Å². The van der Waals surface area contributed by atoms with Crippen molar-refractivity contribution >= 4 is 5.91 Å². The van der Waals surface area contributed by atoms with E-state index in [-0.39, 0.29) is 11.8 Å². The topological polar surface area (TPSA) is 38.3 Å². The molecule has 1 atom stereocenters. The summed E-state index contributed by atoms with van der Waals surface area (Å²) in [6.07, 6.45) is 15.2. The Kier molecular flexibility index (Phi) is 22.8. The van der Waals surface area contributed by atoms with Gasteiger partial charge in [0, 0.05) is 5.70 Å². The first-order valence-corrected chi connectivity index (χ1v) is 9.35. The third kappa shape index (κ3) is 12.1. The summed E-state index contributed by atoms with van der Waals surface area (Å²) >= 11 is 0. The summed E-state index contributed by atoms with van der Waals surface area (Å²) < 4.78 is 5.02. The van der Waals surface area contributed by atoms with Crippen molar-refractivity contribution in [1.82, 2.24) is 5.32 Å². The molecule has 0 radical (unpaired) electrons. The summed E-state index contributed by atoms with van der Waals surface area (Å²) in [6, 6.07) is 0. The Hall–Kier alpha value is -2.29. The van der Waals surface area contributed by atoms with E-state index in [2.05, 4.69) is 11.9 Å². The van der Waals surface area contributed by atoms with Gasteiger partial charge >= 0.3 is 0 Å². The molecule has 0 saturated carbocycles. The third-order valence-corrected chi connectivity index (χ3v) is 3.03. The fourth-order valence-corrected chi connectivity index (χ4v) is 1.83. The van der Waals surface area contributed by atoms with Crippen LogP contribution in [0.25, 0.3) is 0 Å². The standard InChI is InChI=1S/C10H13NO.C9H14O.2C2H6/c1-4-6-8-7(3)10(12)11-9(8)5-2;1-4-6-8-9(10-3)7-5-2;2*1-2/h4-7H,1H2,2-3H3,(H,11,12);4-8H,1-3H3;2*1-2H3/b8-6-,9-5+;6-4-,7-5-,9-8+;;. The molecule has 0 spiro atoms. The van der Waals surface area contributed by atoms with E-state index in [1.807, 2.05) is 97.9 Å². The maximum atomic E-state index is 11.2. The SMILES string of the molecule is C=C/C=C1\C(=C/C)NC(=O)C1C.CC.CC.C\C=C/C=C(\C=C/C)OC. The van der Waals surface area contributed by atoms with Crippen LogP contribution >= 0.6 is 0 Å². The van der Waals surface area contributed by atoms with E-state index in [1.165, 1.54) is 0 Å². The lowest BCUT2D eigenvalue weighted by Gasteiger charge is -1.99. The summed E-state index contributed by atoms with van der Waals surface area (Å²) in [5.41, 5.74) is 1.94. The second-order valence-electron chi connectivity index (χ2n) is 4.57. The molecule has 1 fully saturated rings. The number of nitrogens with one attached hydrogen (secondary N) is 1. The van der Waals surface area contributed by atoms with Gasteiger partial charge in [0.25, 0.3) is 0 Å². The minimum absolute atomic E-state index is 0.0470. The molecule has 148 valence electrons. The van der Waals surface area contributed by atoms with E-state index in [9.17, 15) is 4.79 Å². The smallest absolute Gasteiger partial charge is 0.231 e. The number of carbonyl (C=O) groups is 1. The Morgan fingerprint density at radius 1 is 1.12 bits per heavy atom. The highest BCUT2D eigenvalue weighted by Gasteiger charge is 2.27. The van der Waals surface area contributed by atoms with Crippen LogP contribution in [0.1, 0.15) is 55.4 Å². The maximum Gasteiger partial charge on any atom is 0.231 e. The number of hydrogen-bond donors (Lipinski definition) is 1. The van der Waals surface area contributed by atoms with E-state index in [0.29, 0.717) is 0 Å². The Morgan fingerprint density at radius 2 is 1.69 bits per heavy atom. The van der Waals surface area contributed by atoms with Crippen molar-refractivity contribution in [3.8, 4) is 0 Å². The van der Waals surface area contributed by atoms with E-state index < -0.39 is 0 Å². The van der Waals surface area contributed by atoms with Gasteiger partial charge in [0.05, 0.1) is 13.0 Å². The highest BCUT2D eigenvalue weighted by Crippen LogP contribution is 2.24. The van der Waals surface area contributed by atoms with Crippen LogP contribution in [0.5, 0.6) is 0 Å². The van der Waals surface area contributed by atoms with E-state index in [4.69, 9.17) is 4.74 Å². The molecule has 1 heterocycles. The predicted molar refractivity (Wildman–Crippen MR) is 117 cm³/mol. The number of hydrogen-bond acceptors (Lipinski definition) is 2. The first-order valence-electron chi connectivity index (χ1n) is 9.35. The molecule has 1 aliphatic heterocycles. The molecule has 0 aromatic carbocycles. The molecular weight excluding hydrogens is 322 g/mol. The van der Waals surface area contributed by atoms with Gasteiger partial charge in [-0.2, -0.15) is 0 Å². The van der Waals surface area contributed by atoms with Crippen LogP contribution in [-0.4, -0.2) is 13.0 Å². The van der Waals surface area contributed by atoms with Crippen molar-refractivity contribution < 1.29 is 9.53 Å². The Morgan fingerprint density at radius 3 is 2.08 bits per heavy atom. The molecule has 1 amide bonds. The zero-order chi connectivity index (χ0) is 21.0. The molecule has 1 N–H and O–H groups in total. The molecule has 1 saturated heterocycles. The number of carbonyl (C=O) groups excluding carboxylic acids is 1. The van der Waals surface area contributed by atoms with Crippen molar-refractivity contribution in [3.05, 3.63) is 72.2 Å². The zero-order valence-corrected chi connectivity index (χ0v) is 18.2. The van der Waals surface area contributed by atoms with Crippen LogP contribution in [0.4, 0.5) is 0 Å². The normalized spacial score (nSPS) is 19.2. The average Bonchev–Trinajstić information content (AvgIpc) is 2.97. The predicted octanol–water partition coefficient (Wildman–Crippen LogP) is 6.49. The zero-order valence-electron chi connectivity index (χ0n) is 18.2. The Labute approximate surface area is 161 Å². The van der Waals surface area contributed by atoms with Gasteiger partial charge in [-0.05, 0) is 45.4 Å². The maximum absolute atomic E-state index is 11.2. The molecule has 3 heteroatoms. The first-order chi connectivity index (χ1) is 12.5. The monoisotopic (exact) mass is 361 g/mol. The van der Waals surface area contributed by atoms with Gasteiger partial charge in [0.15, 0.2) is 0 Å². The van der Waals surface area contributed by atoms with Crippen molar-refractivity contribution in [3.63, 3.8) is 0 Å². The third-order valence-electron chi connectivity index (χ3n) is 3.03. The molecule has 0 bridgehead atoms. The number of rotatable bonds is 4. The minimum atomic E-state index is -0.0470. The number of methoxy groups -OCH3 is 1. The minimum Gasteiger partial charge on any atom is -0.497 e. The molecule has 1 rings (SSSR count). The molecule has 1 unspecified atom stereocenters. The van der Waals surface area contributed by atoms with Gasteiger partial charge in [0.1, 0.15) is 5.76 Å². The van der Waals surface area contributed by atoms with Crippen LogP contribution < -0.4 is 5.32 Å². The summed E-state index contributed by atoms with van der Waals surface area (Å²) in [5.74, 6) is 0.894. The average molecular weight is 362 g/mol. The summed E-state index contributed by atoms with van der Waals surface area (Å²) in [7, 11) is 1.66. The fourth-order valence-electron chi connectivity index (χ4n) is 1.83. The second kappa shape index (κ2) is 20.8. The number of ether oxygens (including phenoxy) is 1. The molecule has 26 heavy (non-hydrogen) atoms. The van der Waals surface area contributed by atoms with Gasteiger partial charge in [-0.1, -0.05) is 70.7 Å². The van der Waals surface area contributed by atoms with Crippen molar-refractivity contribution in [2.75, 3.05) is 7.11 Å². The second-order valence-corrected chi connectivity index (χ2v) is 4.57. The summed E-state index contributed by atoms with van der Waals surface area (Å²) in [6.45, 7) is 19.3. The van der Waals surface area contributed by atoms with Gasteiger partial charge in [-0.15, -0.1) is 0 Å². The van der Waals surface area contributed by atoms with Crippen molar-refractivity contribution in [1.29, 1.82) is 0 Å². The van der Waals surface area contributed by atoms with Crippen LogP contribution in [0, 0.1) is 5.92 Å². The van der Waals surface area contributed by atoms with Gasteiger partial charge in [-0.25, -0.2) is 0 Å². The van der Waals surface area contributed by atoms with E-state index >= 15 is 0 Å². The van der Waals surface area contributed by atoms with Gasteiger partial charge in [0.2, 0.25) is 5.91 Å². The lowest BCUT2D eigenvalue weighted by atomic mass is 10.0. The van der Waals surface area contributed by atoms with Crippen LogP contribution in [0.2, 0.25) is 0 Å². The summed E-state index contributed by atoms with van der Waals surface area (Å²) in [4.78, 5) is 11.2. The van der Waals surface area contributed by atoms with Crippen molar-refractivity contribution in [2.45, 2.75) is 55.4 Å². The molecule has 0 aromatic rings. The number of allylic oxidation sites excluding steroid dienone is 9. The van der Waals surface area contributed by atoms with Crippen LogP contribution in [0.3, 0.4) is 0 Å².